The first kappa shape index (κ1) is 19.2. The van der Waals surface area contributed by atoms with Crippen molar-refractivity contribution in [1.82, 2.24) is 4.94 Å². The molecule has 0 aliphatic rings. The third-order valence-electron chi connectivity index (χ3n) is 2.16. The van der Waals surface area contributed by atoms with E-state index < -0.39 is 29.3 Å². The third kappa shape index (κ3) is 2.94. The summed E-state index contributed by atoms with van der Waals surface area (Å²) >= 11 is 0. The van der Waals surface area contributed by atoms with Crippen LogP contribution < -0.4 is 23.8 Å². The van der Waals surface area contributed by atoms with Crippen molar-refractivity contribution in [1.29, 1.82) is 0 Å². The molecule has 0 atom stereocenters. The van der Waals surface area contributed by atoms with Crippen molar-refractivity contribution in [2.75, 3.05) is 0 Å². The summed E-state index contributed by atoms with van der Waals surface area (Å²) in [6, 6.07) is 4.38. The maximum atomic E-state index is 13.5. The molecule has 0 aromatic heterocycles. The second kappa shape index (κ2) is 6.32. The molecule has 0 saturated carbocycles. The van der Waals surface area contributed by atoms with Gasteiger partial charge in [0.1, 0.15) is 0 Å². The molecule has 1 rings (SSSR count). The largest absolute Gasteiger partial charge is 1.00 e. The minimum atomic E-state index is -6.00. The molecular formula is C9H9F3LiNO4S2. The molecule has 1 aromatic carbocycles. The zero-order chi connectivity index (χ0) is 14.9. The van der Waals surface area contributed by atoms with Crippen LogP contribution in [0.4, 0.5) is 13.3 Å². The molecule has 0 radical (unpaired) electrons. The first-order chi connectivity index (χ1) is 8.61. The fraction of sp³-hybridized carbons (Fsp3) is 0.111. The van der Waals surface area contributed by atoms with Crippen LogP contribution in [0.25, 0.3) is 6.08 Å². The predicted octanol–water partition coefficient (Wildman–Crippen LogP) is -1.43. The molecule has 11 heteroatoms. The zero-order valence-electron chi connectivity index (χ0n) is 11.2. The van der Waals surface area contributed by atoms with Gasteiger partial charge in [-0.2, -0.15) is 8.78 Å². The van der Waals surface area contributed by atoms with E-state index in [9.17, 15) is 30.1 Å². The van der Waals surface area contributed by atoms with Crippen molar-refractivity contribution >= 4 is 25.9 Å². The summed E-state index contributed by atoms with van der Waals surface area (Å²) in [6.07, 6.45) is 0.957. The summed E-state index contributed by atoms with van der Waals surface area (Å²) in [5.41, 5.74) is -0.226. The van der Waals surface area contributed by atoms with Crippen LogP contribution in [0.2, 0.25) is 0 Å². The van der Waals surface area contributed by atoms with Gasteiger partial charge in [0.25, 0.3) is 9.84 Å². The summed E-state index contributed by atoms with van der Waals surface area (Å²) in [4.78, 5) is -1.15. The van der Waals surface area contributed by atoms with Gasteiger partial charge >= 0.3 is 33.5 Å². The van der Waals surface area contributed by atoms with Crippen molar-refractivity contribution in [3.8, 4) is 0 Å². The number of benzene rings is 1. The number of nitrogens with one attached hydrogen (secondary N) is 1. The quantitative estimate of drug-likeness (QED) is 0.532. The van der Waals surface area contributed by atoms with E-state index in [0.29, 0.717) is 0 Å². The van der Waals surface area contributed by atoms with Gasteiger partial charge < -0.3 is 1.43 Å². The molecule has 0 aliphatic heterocycles. The zero-order valence-corrected chi connectivity index (χ0v) is 11.8. The number of hydrogen-bond acceptors (Lipinski definition) is 4. The Kier molecular flexibility index (Phi) is 6.07. The molecule has 0 amide bonds. The topological polar surface area (TPSA) is 80.3 Å². The van der Waals surface area contributed by atoms with Crippen molar-refractivity contribution < 1.29 is 50.4 Å². The molecule has 5 nitrogen and oxygen atoms in total. The normalized spacial score (nSPS) is 12.6. The fourth-order valence-corrected chi connectivity index (χ4v) is 3.80. The van der Waals surface area contributed by atoms with Gasteiger partial charge in [-0.15, -0.1) is 4.48 Å². The van der Waals surface area contributed by atoms with E-state index in [0.717, 1.165) is 24.3 Å². The predicted molar refractivity (Wildman–Crippen MR) is 62.9 cm³/mol. The smallest absolute Gasteiger partial charge is 1.00 e. The molecule has 0 spiro atoms. The Morgan fingerprint density at radius 2 is 1.70 bits per heavy atom. The van der Waals surface area contributed by atoms with Crippen LogP contribution in [-0.2, 0) is 19.9 Å². The minimum absolute atomic E-state index is 0. The van der Waals surface area contributed by atoms with E-state index in [1.807, 2.05) is 0 Å². The molecule has 0 fully saturated rings. The number of alkyl halides is 2. The standard InChI is InChI=1S/C9H8F3NO4S2.Li.H/c1-2-7-5-3-4-6-8(7)18(14,15)9(10,11)19(16,17)13-12;;/h2-6,13H,1H2;;/q;+1;-1. The number of sulfone groups is 1. The molecule has 0 unspecified atom stereocenters. The van der Waals surface area contributed by atoms with E-state index in [4.69, 9.17) is 0 Å². The molecule has 0 aliphatic carbocycles. The molecule has 0 saturated heterocycles. The Labute approximate surface area is 127 Å². The second-order valence-corrected chi connectivity index (χ2v) is 7.18. The van der Waals surface area contributed by atoms with Crippen molar-refractivity contribution in [2.45, 2.75) is 9.48 Å². The van der Waals surface area contributed by atoms with Crippen molar-refractivity contribution in [2.24, 2.45) is 0 Å². The first-order valence-electron chi connectivity index (χ1n) is 4.57. The second-order valence-electron chi connectivity index (χ2n) is 3.29. The van der Waals surface area contributed by atoms with Crippen molar-refractivity contribution in [3.63, 3.8) is 0 Å². The van der Waals surface area contributed by atoms with Gasteiger partial charge in [-0.05, 0) is 16.6 Å². The summed E-state index contributed by atoms with van der Waals surface area (Å²) in [7, 11) is -11.6. The van der Waals surface area contributed by atoms with Crippen LogP contribution in [0, 0.1) is 0 Å². The number of halogens is 3. The Bertz CT molecular complexity index is 709. The number of sulfonamides is 1. The summed E-state index contributed by atoms with van der Waals surface area (Å²) in [5, 5.41) is 0. The molecule has 0 heterocycles. The third-order valence-corrected chi connectivity index (χ3v) is 5.88. The number of hydrogen-bond donors (Lipinski definition) is 1. The van der Waals surface area contributed by atoms with Crippen LogP contribution in [0.1, 0.15) is 6.99 Å². The fourth-order valence-electron chi connectivity index (χ4n) is 1.21. The maximum Gasteiger partial charge on any atom is 1.00 e. The van der Waals surface area contributed by atoms with Gasteiger partial charge in [-0.3, -0.25) is 0 Å². The Morgan fingerprint density at radius 3 is 2.15 bits per heavy atom. The van der Waals surface area contributed by atoms with Crippen LogP contribution in [0.5, 0.6) is 0 Å². The van der Waals surface area contributed by atoms with Crippen LogP contribution in [-0.4, -0.2) is 21.4 Å². The van der Waals surface area contributed by atoms with Gasteiger partial charge in [0.15, 0.2) is 0 Å². The van der Waals surface area contributed by atoms with Crippen LogP contribution >= 0.6 is 0 Å². The van der Waals surface area contributed by atoms with E-state index in [1.54, 1.807) is 0 Å². The van der Waals surface area contributed by atoms with Crippen LogP contribution in [0.15, 0.2) is 35.7 Å². The Hall–Kier alpha value is -0.793. The summed E-state index contributed by atoms with van der Waals surface area (Å²) in [5.74, 6) is 0. The molecule has 20 heavy (non-hydrogen) atoms. The Morgan fingerprint density at radius 1 is 1.20 bits per heavy atom. The average molecular weight is 323 g/mol. The average Bonchev–Trinajstić information content (AvgIpc) is 2.38. The number of rotatable bonds is 5. The summed E-state index contributed by atoms with van der Waals surface area (Å²) in [6.45, 7) is 3.22. The van der Waals surface area contributed by atoms with Gasteiger partial charge in [-0.25, -0.2) is 16.8 Å². The molecule has 0 bridgehead atoms. The molecule has 108 valence electrons. The van der Waals surface area contributed by atoms with E-state index in [2.05, 4.69) is 6.58 Å². The Balaban J connectivity index is 0. The molecule has 1 aromatic rings. The van der Waals surface area contributed by atoms with Gasteiger partial charge in [-0.1, -0.05) is 30.9 Å². The van der Waals surface area contributed by atoms with Gasteiger partial charge in [0, 0.05) is 0 Å². The van der Waals surface area contributed by atoms with Gasteiger partial charge in [0.2, 0.25) is 0 Å². The SMILES string of the molecule is C=Cc1ccccc1S(=O)(=O)C(F)(F)S(=O)(=O)NF.[H-].[Li+]. The van der Waals surface area contributed by atoms with E-state index in [1.165, 1.54) is 6.07 Å². The van der Waals surface area contributed by atoms with Crippen molar-refractivity contribution in [3.05, 3.63) is 36.4 Å². The minimum Gasteiger partial charge on any atom is -1.00 e. The summed E-state index contributed by atoms with van der Waals surface area (Å²) < 4.78 is 78.4. The van der Waals surface area contributed by atoms with Gasteiger partial charge in [0.05, 0.1) is 4.90 Å². The van der Waals surface area contributed by atoms with E-state index >= 15 is 0 Å². The maximum absolute atomic E-state index is 13.5. The van der Waals surface area contributed by atoms with E-state index in [-0.39, 0.29) is 30.8 Å². The van der Waals surface area contributed by atoms with Crippen LogP contribution in [0.3, 0.4) is 0 Å². The molecule has 1 N–H and O–H groups in total. The molecular weight excluding hydrogens is 314 g/mol. The first-order valence-corrected chi connectivity index (χ1v) is 7.54. The monoisotopic (exact) mass is 323 g/mol.